The first-order chi connectivity index (χ1) is 13.4. The zero-order valence-electron chi connectivity index (χ0n) is 14.7. The highest BCUT2D eigenvalue weighted by atomic mass is 19.2. The van der Waals surface area contributed by atoms with E-state index in [1.807, 2.05) is 0 Å². The van der Waals surface area contributed by atoms with Crippen LogP contribution in [0.15, 0.2) is 64.4 Å². The Balaban J connectivity index is 1.82. The maximum absolute atomic E-state index is 13.4. The smallest absolute Gasteiger partial charge is 0.320 e. The molecule has 0 aliphatic carbocycles. The third-order valence-electron chi connectivity index (χ3n) is 3.91. The van der Waals surface area contributed by atoms with E-state index in [-0.39, 0.29) is 5.69 Å². The molecule has 9 heteroatoms. The van der Waals surface area contributed by atoms with Crippen LogP contribution in [-0.4, -0.2) is 22.2 Å². The lowest BCUT2D eigenvalue weighted by Gasteiger charge is -2.10. The Morgan fingerprint density at radius 1 is 1.04 bits per heavy atom. The molecule has 3 rings (SSSR count). The number of carbonyl (C=O) groups excluding carboxylic acids is 1. The average Bonchev–Trinajstić information content (AvgIpc) is 2.68. The van der Waals surface area contributed by atoms with Gasteiger partial charge in [0.25, 0.3) is 0 Å². The molecule has 0 spiro atoms. The first-order valence-electron chi connectivity index (χ1n) is 8.10. The third kappa shape index (κ3) is 3.98. The lowest BCUT2D eigenvalue weighted by molar-refractivity contribution is -0.116. The Morgan fingerprint density at radius 2 is 1.82 bits per heavy atom. The summed E-state index contributed by atoms with van der Waals surface area (Å²) in [7, 11) is 1.49. The van der Waals surface area contributed by atoms with E-state index in [0.29, 0.717) is 11.4 Å². The van der Waals surface area contributed by atoms with Crippen LogP contribution in [0, 0.1) is 11.6 Å². The summed E-state index contributed by atoms with van der Waals surface area (Å²) >= 11 is 0. The third-order valence-corrected chi connectivity index (χ3v) is 3.91. The number of aromatic nitrogens is 2. The molecule has 3 aromatic rings. The Bertz CT molecular complexity index is 1150. The molecule has 0 saturated heterocycles. The van der Waals surface area contributed by atoms with Crippen LogP contribution in [-0.2, 0) is 11.3 Å². The molecule has 0 bridgehead atoms. The number of carbonyl (C=O) groups is 1. The standard InChI is InChI=1S/C19H15F2N3O4/c1-28-14-4-2-3-12(9-14)22-17(25)11-23-7-8-24(19(27)18(23)26)13-5-6-15(20)16(21)10-13/h2-10H,11H2,1H3,(H,22,25). The van der Waals surface area contributed by atoms with Gasteiger partial charge in [-0.15, -0.1) is 0 Å². The number of rotatable bonds is 5. The van der Waals surface area contributed by atoms with Crippen LogP contribution >= 0.6 is 0 Å². The Morgan fingerprint density at radius 3 is 2.54 bits per heavy atom. The highest BCUT2D eigenvalue weighted by Gasteiger charge is 2.12. The molecule has 1 amide bonds. The maximum atomic E-state index is 13.4. The van der Waals surface area contributed by atoms with E-state index < -0.39 is 35.2 Å². The highest BCUT2D eigenvalue weighted by Crippen LogP contribution is 2.16. The topological polar surface area (TPSA) is 82.3 Å². The van der Waals surface area contributed by atoms with Crippen molar-refractivity contribution in [3.63, 3.8) is 0 Å². The summed E-state index contributed by atoms with van der Waals surface area (Å²) < 4.78 is 33.3. The predicted molar refractivity (Wildman–Crippen MR) is 97.8 cm³/mol. The van der Waals surface area contributed by atoms with Gasteiger partial charge in [0.15, 0.2) is 11.6 Å². The maximum Gasteiger partial charge on any atom is 0.320 e. The van der Waals surface area contributed by atoms with Gasteiger partial charge < -0.3 is 10.1 Å². The van der Waals surface area contributed by atoms with Crippen molar-refractivity contribution in [1.29, 1.82) is 0 Å². The van der Waals surface area contributed by atoms with Crippen molar-refractivity contribution < 1.29 is 18.3 Å². The summed E-state index contributed by atoms with van der Waals surface area (Å²) in [6, 6.07) is 9.45. The summed E-state index contributed by atoms with van der Waals surface area (Å²) in [4.78, 5) is 36.7. The number of nitrogens with one attached hydrogen (secondary N) is 1. The molecule has 1 aromatic heterocycles. The second-order valence-electron chi connectivity index (χ2n) is 5.78. The summed E-state index contributed by atoms with van der Waals surface area (Å²) in [5, 5.41) is 2.59. The van der Waals surface area contributed by atoms with Crippen molar-refractivity contribution in [1.82, 2.24) is 9.13 Å². The minimum atomic E-state index is -1.15. The van der Waals surface area contributed by atoms with E-state index in [2.05, 4.69) is 5.32 Å². The van der Waals surface area contributed by atoms with Gasteiger partial charge >= 0.3 is 11.1 Å². The highest BCUT2D eigenvalue weighted by molar-refractivity contribution is 5.90. The first kappa shape index (κ1) is 19.0. The Kier molecular flexibility index (Phi) is 5.35. The normalized spacial score (nSPS) is 10.5. The number of ether oxygens (including phenoxy) is 1. The number of hydrogen-bond donors (Lipinski definition) is 1. The van der Waals surface area contributed by atoms with Gasteiger partial charge in [0.1, 0.15) is 12.3 Å². The summed E-state index contributed by atoms with van der Waals surface area (Å²) in [6.45, 7) is -0.399. The van der Waals surface area contributed by atoms with E-state index in [1.165, 1.54) is 25.6 Å². The number of amides is 1. The second-order valence-corrected chi connectivity index (χ2v) is 5.78. The predicted octanol–water partition coefficient (Wildman–Crippen LogP) is 1.92. The minimum absolute atomic E-state index is 0.00557. The Labute approximate surface area is 157 Å². The Hall–Kier alpha value is -3.75. The van der Waals surface area contributed by atoms with Gasteiger partial charge in [0.05, 0.1) is 12.8 Å². The molecular formula is C19H15F2N3O4. The fourth-order valence-corrected chi connectivity index (χ4v) is 2.53. The van der Waals surface area contributed by atoms with E-state index >= 15 is 0 Å². The number of hydrogen-bond acceptors (Lipinski definition) is 4. The lowest BCUT2D eigenvalue weighted by atomic mass is 10.3. The van der Waals surface area contributed by atoms with Crippen LogP contribution in [0.25, 0.3) is 5.69 Å². The molecule has 0 aliphatic heterocycles. The van der Waals surface area contributed by atoms with Crippen LogP contribution in [0.3, 0.4) is 0 Å². The summed E-state index contributed by atoms with van der Waals surface area (Å²) in [5.41, 5.74) is -1.52. The van der Waals surface area contributed by atoms with Crippen molar-refractivity contribution in [2.75, 3.05) is 12.4 Å². The van der Waals surface area contributed by atoms with Crippen LogP contribution in [0.2, 0.25) is 0 Å². The molecular weight excluding hydrogens is 372 g/mol. The fraction of sp³-hybridized carbons (Fsp3) is 0.105. The number of methoxy groups -OCH3 is 1. The second kappa shape index (κ2) is 7.87. The number of benzene rings is 2. The van der Waals surface area contributed by atoms with Crippen LogP contribution in [0.5, 0.6) is 5.75 Å². The zero-order chi connectivity index (χ0) is 20.3. The fourth-order valence-electron chi connectivity index (χ4n) is 2.53. The van der Waals surface area contributed by atoms with Crippen molar-refractivity contribution in [3.8, 4) is 11.4 Å². The van der Waals surface area contributed by atoms with Gasteiger partial charge in [0.2, 0.25) is 5.91 Å². The monoisotopic (exact) mass is 387 g/mol. The lowest BCUT2D eigenvalue weighted by Crippen LogP contribution is -2.41. The number of nitrogens with zero attached hydrogens (tertiary/aromatic N) is 2. The molecule has 144 valence electrons. The van der Waals surface area contributed by atoms with E-state index in [0.717, 1.165) is 21.3 Å². The van der Waals surface area contributed by atoms with E-state index in [4.69, 9.17) is 4.74 Å². The van der Waals surface area contributed by atoms with Gasteiger partial charge in [-0.3, -0.25) is 23.5 Å². The molecule has 28 heavy (non-hydrogen) atoms. The summed E-state index contributed by atoms with van der Waals surface area (Å²) in [5.74, 6) is -2.20. The molecule has 0 saturated carbocycles. The van der Waals surface area contributed by atoms with Gasteiger partial charge in [-0.1, -0.05) is 6.07 Å². The molecule has 0 unspecified atom stereocenters. The zero-order valence-corrected chi connectivity index (χ0v) is 14.7. The summed E-state index contributed by atoms with van der Waals surface area (Å²) in [6.07, 6.45) is 2.42. The molecule has 0 radical (unpaired) electrons. The molecule has 0 aliphatic rings. The van der Waals surface area contributed by atoms with Crippen molar-refractivity contribution in [2.24, 2.45) is 0 Å². The molecule has 7 nitrogen and oxygen atoms in total. The quantitative estimate of drug-likeness (QED) is 0.679. The van der Waals surface area contributed by atoms with Gasteiger partial charge in [0, 0.05) is 30.2 Å². The number of halogens is 2. The molecule has 0 atom stereocenters. The molecule has 1 heterocycles. The van der Waals surface area contributed by atoms with Crippen molar-refractivity contribution >= 4 is 11.6 Å². The SMILES string of the molecule is COc1cccc(NC(=O)Cn2ccn(-c3ccc(F)c(F)c3)c(=O)c2=O)c1. The van der Waals surface area contributed by atoms with E-state index in [1.54, 1.807) is 24.3 Å². The number of anilines is 1. The van der Waals surface area contributed by atoms with Gasteiger partial charge in [-0.05, 0) is 24.3 Å². The van der Waals surface area contributed by atoms with Gasteiger partial charge in [-0.25, -0.2) is 8.78 Å². The van der Waals surface area contributed by atoms with Crippen LogP contribution < -0.4 is 21.2 Å². The van der Waals surface area contributed by atoms with Crippen LogP contribution in [0.4, 0.5) is 14.5 Å². The van der Waals surface area contributed by atoms with Crippen LogP contribution in [0.1, 0.15) is 0 Å². The van der Waals surface area contributed by atoms with Crippen molar-refractivity contribution in [3.05, 3.63) is 87.2 Å². The van der Waals surface area contributed by atoms with Gasteiger partial charge in [-0.2, -0.15) is 0 Å². The minimum Gasteiger partial charge on any atom is -0.497 e. The average molecular weight is 387 g/mol. The molecule has 1 N–H and O–H groups in total. The molecule has 2 aromatic carbocycles. The van der Waals surface area contributed by atoms with E-state index in [9.17, 15) is 23.2 Å². The van der Waals surface area contributed by atoms with Crippen molar-refractivity contribution in [2.45, 2.75) is 6.54 Å². The largest absolute Gasteiger partial charge is 0.497 e. The first-order valence-corrected chi connectivity index (χ1v) is 8.10. The molecule has 0 fully saturated rings.